The predicted octanol–water partition coefficient (Wildman–Crippen LogP) is 3.57. The molecule has 0 amide bonds. The summed E-state index contributed by atoms with van der Waals surface area (Å²) >= 11 is 0. The summed E-state index contributed by atoms with van der Waals surface area (Å²) in [6.07, 6.45) is 6.94. The molecule has 4 bridgehead atoms. The van der Waals surface area contributed by atoms with Crippen LogP contribution in [0, 0.1) is 29.1 Å². The highest BCUT2D eigenvalue weighted by atomic mass is 16.5. The van der Waals surface area contributed by atoms with Gasteiger partial charge in [-0.15, -0.1) is 0 Å². The van der Waals surface area contributed by atoms with Gasteiger partial charge >= 0.3 is 5.97 Å². The molecule has 2 nitrogen and oxygen atoms in total. The van der Waals surface area contributed by atoms with Crippen molar-refractivity contribution in [3.8, 4) is 0 Å². The maximum atomic E-state index is 11.6. The Morgan fingerprint density at radius 2 is 1.67 bits per heavy atom. The SMILES string of the molecule is C=C(C)C(=O)OCC1(C)C2CC3CC(C2)CC1C3. The van der Waals surface area contributed by atoms with Crippen LogP contribution < -0.4 is 0 Å². The smallest absolute Gasteiger partial charge is 0.333 e. The maximum absolute atomic E-state index is 11.6. The fourth-order valence-corrected chi connectivity index (χ4v) is 4.84. The second kappa shape index (κ2) is 4.11. The minimum Gasteiger partial charge on any atom is -0.462 e. The molecule has 4 saturated carbocycles. The molecule has 4 aliphatic rings. The van der Waals surface area contributed by atoms with Crippen molar-refractivity contribution in [1.29, 1.82) is 0 Å². The van der Waals surface area contributed by atoms with E-state index < -0.39 is 0 Å². The molecule has 18 heavy (non-hydrogen) atoms. The maximum Gasteiger partial charge on any atom is 0.333 e. The lowest BCUT2D eigenvalue weighted by atomic mass is 9.46. The van der Waals surface area contributed by atoms with Crippen LogP contribution in [-0.4, -0.2) is 12.6 Å². The van der Waals surface area contributed by atoms with Crippen molar-refractivity contribution in [2.24, 2.45) is 29.1 Å². The standard InChI is InChI=1S/C16H24O2/c1-10(2)15(17)18-9-16(3)13-5-11-4-12(7-13)8-14(16)6-11/h11-14H,1,4-9H2,2-3H3. The van der Waals surface area contributed by atoms with Crippen LogP contribution in [0.5, 0.6) is 0 Å². The van der Waals surface area contributed by atoms with Gasteiger partial charge in [-0.1, -0.05) is 13.5 Å². The fraction of sp³-hybridized carbons (Fsp3) is 0.812. The summed E-state index contributed by atoms with van der Waals surface area (Å²) in [5.41, 5.74) is 0.751. The molecule has 0 unspecified atom stereocenters. The quantitative estimate of drug-likeness (QED) is 0.564. The average Bonchev–Trinajstić information content (AvgIpc) is 2.32. The fourth-order valence-electron chi connectivity index (χ4n) is 4.84. The van der Waals surface area contributed by atoms with Crippen molar-refractivity contribution in [3.63, 3.8) is 0 Å². The van der Waals surface area contributed by atoms with E-state index in [0.717, 1.165) is 23.7 Å². The van der Waals surface area contributed by atoms with Crippen molar-refractivity contribution in [2.45, 2.75) is 46.0 Å². The Morgan fingerprint density at radius 3 is 2.11 bits per heavy atom. The van der Waals surface area contributed by atoms with Crippen LogP contribution in [0.4, 0.5) is 0 Å². The molecule has 0 aromatic rings. The van der Waals surface area contributed by atoms with E-state index in [9.17, 15) is 4.79 Å². The van der Waals surface area contributed by atoms with E-state index >= 15 is 0 Å². The molecule has 0 heterocycles. The minimum absolute atomic E-state index is 0.218. The second-order valence-corrected chi connectivity index (χ2v) is 7.17. The van der Waals surface area contributed by atoms with Gasteiger partial charge in [-0.2, -0.15) is 0 Å². The highest BCUT2D eigenvalue weighted by molar-refractivity contribution is 5.86. The van der Waals surface area contributed by atoms with E-state index in [1.54, 1.807) is 6.92 Å². The highest BCUT2D eigenvalue weighted by Gasteiger charge is 2.55. The lowest BCUT2D eigenvalue weighted by Crippen LogP contribution is -2.53. The molecule has 0 N–H and O–H groups in total. The Bertz CT molecular complexity index is 355. The van der Waals surface area contributed by atoms with E-state index in [2.05, 4.69) is 13.5 Å². The third kappa shape index (κ3) is 1.81. The van der Waals surface area contributed by atoms with Crippen molar-refractivity contribution in [2.75, 3.05) is 6.61 Å². The number of carbonyl (C=O) groups is 1. The van der Waals surface area contributed by atoms with Crippen LogP contribution in [-0.2, 0) is 9.53 Å². The zero-order chi connectivity index (χ0) is 12.9. The van der Waals surface area contributed by atoms with Gasteiger partial charge in [-0.05, 0) is 62.7 Å². The molecule has 0 aromatic heterocycles. The summed E-state index contributed by atoms with van der Waals surface area (Å²) < 4.78 is 5.49. The number of carbonyl (C=O) groups excluding carboxylic acids is 1. The van der Waals surface area contributed by atoms with Gasteiger partial charge in [-0.3, -0.25) is 0 Å². The Kier molecular flexibility index (Phi) is 2.80. The first-order valence-electron chi connectivity index (χ1n) is 7.31. The van der Waals surface area contributed by atoms with Crippen LogP contribution in [0.1, 0.15) is 46.0 Å². The topological polar surface area (TPSA) is 26.3 Å². The Labute approximate surface area is 110 Å². The van der Waals surface area contributed by atoms with Gasteiger partial charge in [0.2, 0.25) is 0 Å². The van der Waals surface area contributed by atoms with Crippen LogP contribution in [0.15, 0.2) is 12.2 Å². The zero-order valence-corrected chi connectivity index (χ0v) is 11.6. The van der Waals surface area contributed by atoms with Gasteiger partial charge in [-0.25, -0.2) is 4.79 Å². The van der Waals surface area contributed by atoms with Crippen LogP contribution in [0.2, 0.25) is 0 Å². The van der Waals surface area contributed by atoms with Gasteiger partial charge in [0.15, 0.2) is 0 Å². The molecule has 2 heteroatoms. The van der Waals surface area contributed by atoms with Crippen molar-refractivity contribution in [3.05, 3.63) is 12.2 Å². The molecule has 0 saturated heterocycles. The van der Waals surface area contributed by atoms with E-state index in [0.29, 0.717) is 12.2 Å². The van der Waals surface area contributed by atoms with Gasteiger partial charge < -0.3 is 4.74 Å². The number of esters is 1. The first kappa shape index (κ1) is 12.3. The molecule has 0 radical (unpaired) electrons. The Hall–Kier alpha value is -0.790. The van der Waals surface area contributed by atoms with Crippen LogP contribution >= 0.6 is 0 Å². The van der Waals surface area contributed by atoms with Crippen LogP contribution in [0.25, 0.3) is 0 Å². The van der Waals surface area contributed by atoms with E-state index in [-0.39, 0.29) is 11.4 Å². The predicted molar refractivity (Wildman–Crippen MR) is 70.9 cm³/mol. The molecule has 0 aromatic carbocycles. The summed E-state index contributed by atoms with van der Waals surface area (Å²) in [4.78, 5) is 11.6. The monoisotopic (exact) mass is 248 g/mol. The molecule has 100 valence electrons. The average molecular weight is 248 g/mol. The third-order valence-corrected chi connectivity index (χ3v) is 5.87. The minimum atomic E-state index is -0.218. The lowest BCUT2D eigenvalue weighted by molar-refractivity contribution is -0.159. The molecule has 0 atom stereocenters. The number of hydrogen-bond donors (Lipinski definition) is 0. The summed E-state index contributed by atoms with van der Waals surface area (Å²) in [5, 5.41) is 0. The van der Waals surface area contributed by atoms with Gasteiger partial charge in [0.25, 0.3) is 0 Å². The van der Waals surface area contributed by atoms with Crippen molar-refractivity contribution in [1.82, 2.24) is 0 Å². The van der Waals surface area contributed by atoms with E-state index in [1.807, 2.05) is 0 Å². The van der Waals surface area contributed by atoms with Crippen molar-refractivity contribution >= 4 is 5.97 Å². The third-order valence-electron chi connectivity index (χ3n) is 5.87. The number of ether oxygens (including phenoxy) is 1. The highest BCUT2D eigenvalue weighted by Crippen LogP contribution is 2.62. The molecule has 0 aliphatic heterocycles. The number of hydrogen-bond acceptors (Lipinski definition) is 2. The zero-order valence-electron chi connectivity index (χ0n) is 11.6. The molecule has 4 aliphatic carbocycles. The van der Waals surface area contributed by atoms with Gasteiger partial charge in [0.1, 0.15) is 0 Å². The molecular weight excluding hydrogens is 224 g/mol. The molecule has 4 rings (SSSR count). The second-order valence-electron chi connectivity index (χ2n) is 7.17. The van der Waals surface area contributed by atoms with Gasteiger partial charge in [0, 0.05) is 11.0 Å². The molecule has 0 spiro atoms. The summed E-state index contributed by atoms with van der Waals surface area (Å²) in [6.45, 7) is 8.34. The normalized spacial score (nSPS) is 45.0. The van der Waals surface area contributed by atoms with Gasteiger partial charge in [0.05, 0.1) is 6.61 Å². The molecule has 4 fully saturated rings. The number of rotatable bonds is 3. The Balaban J connectivity index is 1.70. The van der Waals surface area contributed by atoms with Crippen LogP contribution in [0.3, 0.4) is 0 Å². The summed E-state index contributed by atoms with van der Waals surface area (Å²) in [5.74, 6) is 3.29. The Morgan fingerprint density at radius 1 is 1.17 bits per heavy atom. The van der Waals surface area contributed by atoms with E-state index in [4.69, 9.17) is 4.74 Å². The van der Waals surface area contributed by atoms with Crippen molar-refractivity contribution < 1.29 is 9.53 Å². The summed E-state index contributed by atoms with van der Waals surface area (Å²) in [6, 6.07) is 0. The lowest BCUT2D eigenvalue weighted by Gasteiger charge is -2.59. The first-order chi connectivity index (χ1) is 8.49. The molecular formula is C16H24O2. The van der Waals surface area contributed by atoms with E-state index in [1.165, 1.54) is 32.1 Å². The first-order valence-corrected chi connectivity index (χ1v) is 7.31. The largest absolute Gasteiger partial charge is 0.462 e. The summed E-state index contributed by atoms with van der Waals surface area (Å²) in [7, 11) is 0.